The molecule has 2 atom stereocenters. The number of hydrogen-bond donors (Lipinski definition) is 2. The number of amides is 1. The van der Waals surface area contributed by atoms with Crippen LogP contribution in [0.3, 0.4) is 0 Å². The maximum Gasteiger partial charge on any atom is 0.253 e. The van der Waals surface area contributed by atoms with Gasteiger partial charge >= 0.3 is 0 Å². The van der Waals surface area contributed by atoms with Crippen LogP contribution in [0.1, 0.15) is 23.2 Å². The molecular formula is C18H27N3O4S. The van der Waals surface area contributed by atoms with Crippen LogP contribution in [-0.4, -0.2) is 65.7 Å². The van der Waals surface area contributed by atoms with E-state index in [4.69, 9.17) is 4.74 Å². The molecule has 0 bridgehead atoms. The lowest BCUT2D eigenvalue weighted by Gasteiger charge is -2.21. The zero-order valence-corrected chi connectivity index (χ0v) is 15.9. The molecule has 2 saturated heterocycles. The van der Waals surface area contributed by atoms with Gasteiger partial charge in [-0.2, -0.15) is 0 Å². The zero-order chi connectivity index (χ0) is 18.6. The van der Waals surface area contributed by atoms with Crippen LogP contribution >= 0.6 is 0 Å². The first-order chi connectivity index (χ1) is 12.5. The Morgan fingerprint density at radius 3 is 2.38 bits per heavy atom. The molecule has 0 radical (unpaired) electrons. The van der Waals surface area contributed by atoms with Crippen LogP contribution in [0.25, 0.3) is 0 Å². The standard InChI is InChI=1S/C18H27N3O4S/c1-25-11-8-20-26(23,24)17-4-2-14(3-5-17)18(22)21-9-6-15-12-19-13-16(15)7-10-21/h2-5,15-16,19-20H,6-13H2,1H3/t15-,16+. The van der Waals surface area contributed by atoms with Gasteiger partial charge in [0.1, 0.15) is 0 Å². The molecule has 0 spiro atoms. The van der Waals surface area contributed by atoms with Crippen LogP contribution in [0.4, 0.5) is 0 Å². The molecule has 0 aliphatic carbocycles. The van der Waals surface area contributed by atoms with Crippen molar-refractivity contribution in [2.75, 3.05) is 46.4 Å². The SMILES string of the molecule is COCCNS(=O)(=O)c1ccc(C(=O)N2CC[C@@H]3CNC[C@@H]3CC2)cc1. The normalized spacial score (nSPS) is 23.5. The molecule has 2 N–H and O–H groups in total. The molecule has 2 fully saturated rings. The molecule has 1 aromatic rings. The number of likely N-dealkylation sites (tertiary alicyclic amines) is 1. The summed E-state index contributed by atoms with van der Waals surface area (Å²) in [6.45, 7) is 4.15. The van der Waals surface area contributed by atoms with E-state index in [-0.39, 0.29) is 17.3 Å². The van der Waals surface area contributed by atoms with Crippen molar-refractivity contribution in [2.45, 2.75) is 17.7 Å². The molecule has 0 unspecified atom stereocenters. The summed E-state index contributed by atoms with van der Waals surface area (Å²) in [5.74, 6) is 1.31. The average Bonchev–Trinajstić information content (AvgIpc) is 3.00. The number of sulfonamides is 1. The summed E-state index contributed by atoms with van der Waals surface area (Å²) in [6, 6.07) is 6.17. The highest BCUT2D eigenvalue weighted by Gasteiger charge is 2.31. The highest BCUT2D eigenvalue weighted by Crippen LogP contribution is 2.27. The van der Waals surface area contributed by atoms with Gasteiger partial charge < -0.3 is 15.0 Å². The van der Waals surface area contributed by atoms with Crippen molar-refractivity contribution in [3.05, 3.63) is 29.8 Å². The lowest BCUT2D eigenvalue weighted by atomic mass is 9.92. The first-order valence-electron chi connectivity index (χ1n) is 9.10. The number of hydrogen-bond acceptors (Lipinski definition) is 5. The number of carbonyl (C=O) groups excluding carboxylic acids is 1. The maximum absolute atomic E-state index is 12.8. The molecule has 0 aromatic heterocycles. The molecule has 144 valence electrons. The topological polar surface area (TPSA) is 87.7 Å². The molecule has 8 heteroatoms. The van der Waals surface area contributed by atoms with Gasteiger partial charge in [0.15, 0.2) is 0 Å². The molecule has 26 heavy (non-hydrogen) atoms. The van der Waals surface area contributed by atoms with Gasteiger partial charge in [-0.15, -0.1) is 0 Å². The molecule has 2 aliphatic heterocycles. The lowest BCUT2D eigenvalue weighted by molar-refractivity contribution is 0.0758. The van der Waals surface area contributed by atoms with Crippen molar-refractivity contribution >= 4 is 15.9 Å². The molecule has 1 amide bonds. The van der Waals surface area contributed by atoms with E-state index in [9.17, 15) is 13.2 Å². The van der Waals surface area contributed by atoms with Gasteiger partial charge in [-0.05, 0) is 62.0 Å². The van der Waals surface area contributed by atoms with E-state index in [1.807, 2.05) is 4.90 Å². The van der Waals surface area contributed by atoms with Crippen LogP contribution in [0.5, 0.6) is 0 Å². The van der Waals surface area contributed by atoms with Gasteiger partial charge in [0.05, 0.1) is 11.5 Å². The zero-order valence-electron chi connectivity index (χ0n) is 15.1. The van der Waals surface area contributed by atoms with Gasteiger partial charge in [-0.1, -0.05) is 0 Å². The van der Waals surface area contributed by atoms with Crippen LogP contribution < -0.4 is 10.0 Å². The van der Waals surface area contributed by atoms with E-state index in [1.54, 1.807) is 12.1 Å². The van der Waals surface area contributed by atoms with Gasteiger partial charge in [0, 0.05) is 32.3 Å². The van der Waals surface area contributed by atoms with E-state index in [0.29, 0.717) is 24.0 Å². The van der Waals surface area contributed by atoms with Crippen LogP contribution in [-0.2, 0) is 14.8 Å². The van der Waals surface area contributed by atoms with Crippen molar-refractivity contribution in [1.82, 2.24) is 14.9 Å². The monoisotopic (exact) mass is 381 g/mol. The summed E-state index contributed by atoms with van der Waals surface area (Å²) in [6.07, 6.45) is 2.05. The van der Waals surface area contributed by atoms with Crippen molar-refractivity contribution < 1.29 is 17.9 Å². The van der Waals surface area contributed by atoms with Gasteiger partial charge in [-0.25, -0.2) is 13.1 Å². The van der Waals surface area contributed by atoms with Crippen LogP contribution in [0.15, 0.2) is 29.2 Å². The summed E-state index contributed by atoms with van der Waals surface area (Å²) in [7, 11) is -2.06. The Hall–Kier alpha value is -1.48. The smallest absolute Gasteiger partial charge is 0.253 e. The number of fused-ring (bicyclic) bond motifs is 1. The Balaban J connectivity index is 1.63. The van der Waals surface area contributed by atoms with E-state index in [2.05, 4.69) is 10.0 Å². The number of ether oxygens (including phenoxy) is 1. The van der Waals surface area contributed by atoms with Gasteiger partial charge in [0.2, 0.25) is 10.0 Å². The number of nitrogens with zero attached hydrogens (tertiary/aromatic N) is 1. The minimum Gasteiger partial charge on any atom is -0.383 e. The number of benzene rings is 1. The number of nitrogens with one attached hydrogen (secondary N) is 2. The van der Waals surface area contributed by atoms with Crippen molar-refractivity contribution in [3.63, 3.8) is 0 Å². The van der Waals surface area contributed by atoms with E-state index in [1.165, 1.54) is 19.2 Å². The van der Waals surface area contributed by atoms with Crippen molar-refractivity contribution in [3.8, 4) is 0 Å². The Bertz CT molecular complexity index is 706. The number of carbonyl (C=O) groups is 1. The third-order valence-electron chi connectivity index (χ3n) is 5.32. The molecule has 0 saturated carbocycles. The summed E-state index contributed by atoms with van der Waals surface area (Å²) < 4.78 is 31.7. The molecule has 2 aliphatic rings. The second-order valence-electron chi connectivity index (χ2n) is 6.96. The predicted octanol–water partition coefficient (Wildman–Crippen LogP) is 0.683. The molecule has 7 nitrogen and oxygen atoms in total. The Kier molecular flexibility index (Phi) is 6.29. The molecule has 1 aromatic carbocycles. The Morgan fingerprint density at radius 1 is 1.19 bits per heavy atom. The highest BCUT2D eigenvalue weighted by atomic mass is 32.2. The second-order valence-corrected chi connectivity index (χ2v) is 8.73. The largest absolute Gasteiger partial charge is 0.383 e. The Labute approximate surface area is 155 Å². The van der Waals surface area contributed by atoms with E-state index in [0.717, 1.165) is 39.0 Å². The lowest BCUT2D eigenvalue weighted by Crippen LogP contribution is -2.32. The molecule has 3 rings (SSSR count). The minimum atomic E-state index is -3.58. The third-order valence-corrected chi connectivity index (χ3v) is 6.79. The van der Waals surface area contributed by atoms with Crippen molar-refractivity contribution in [2.24, 2.45) is 11.8 Å². The first-order valence-corrected chi connectivity index (χ1v) is 10.6. The fourth-order valence-corrected chi connectivity index (χ4v) is 4.75. The van der Waals surface area contributed by atoms with E-state index >= 15 is 0 Å². The van der Waals surface area contributed by atoms with Crippen LogP contribution in [0.2, 0.25) is 0 Å². The number of rotatable bonds is 6. The van der Waals surface area contributed by atoms with Gasteiger partial charge in [0.25, 0.3) is 5.91 Å². The summed E-state index contributed by atoms with van der Waals surface area (Å²) in [5.41, 5.74) is 0.533. The molecule has 2 heterocycles. The second kappa shape index (κ2) is 8.47. The van der Waals surface area contributed by atoms with Crippen LogP contribution in [0, 0.1) is 11.8 Å². The Morgan fingerprint density at radius 2 is 1.81 bits per heavy atom. The highest BCUT2D eigenvalue weighted by molar-refractivity contribution is 7.89. The average molecular weight is 381 g/mol. The first kappa shape index (κ1) is 19.3. The minimum absolute atomic E-state index is 0.0192. The fraction of sp³-hybridized carbons (Fsp3) is 0.611. The summed E-state index contributed by atoms with van der Waals surface area (Å²) in [5, 5.41) is 3.43. The van der Waals surface area contributed by atoms with E-state index < -0.39 is 10.0 Å². The molecular weight excluding hydrogens is 354 g/mol. The van der Waals surface area contributed by atoms with Crippen molar-refractivity contribution in [1.29, 1.82) is 0 Å². The third kappa shape index (κ3) is 4.43. The maximum atomic E-state index is 12.8. The summed E-state index contributed by atoms with van der Waals surface area (Å²) in [4.78, 5) is 14.8. The summed E-state index contributed by atoms with van der Waals surface area (Å²) >= 11 is 0. The fourth-order valence-electron chi connectivity index (χ4n) is 3.74. The predicted molar refractivity (Wildman–Crippen MR) is 98.5 cm³/mol. The quantitative estimate of drug-likeness (QED) is 0.708. The van der Waals surface area contributed by atoms with Gasteiger partial charge in [-0.3, -0.25) is 4.79 Å². The number of methoxy groups -OCH3 is 1.